The zero-order valence-corrected chi connectivity index (χ0v) is 15.6. The molecule has 138 valence electrons. The van der Waals surface area contributed by atoms with Crippen LogP contribution in [0.15, 0.2) is 36.4 Å². The Morgan fingerprint density at radius 1 is 1.04 bits per heavy atom. The molecular formula is C21H26N2O3. The fourth-order valence-corrected chi connectivity index (χ4v) is 3.49. The second kappa shape index (κ2) is 7.77. The maximum atomic E-state index is 12.3. The molecule has 1 saturated carbocycles. The van der Waals surface area contributed by atoms with Gasteiger partial charge in [0.05, 0.1) is 5.56 Å². The molecule has 1 aromatic carbocycles. The van der Waals surface area contributed by atoms with Crippen LogP contribution in [0.1, 0.15) is 54.4 Å². The Morgan fingerprint density at radius 2 is 1.62 bits per heavy atom. The van der Waals surface area contributed by atoms with Crippen LogP contribution < -0.4 is 5.32 Å². The van der Waals surface area contributed by atoms with E-state index in [9.17, 15) is 9.59 Å². The molecule has 0 saturated heterocycles. The first-order valence-corrected chi connectivity index (χ1v) is 9.22. The van der Waals surface area contributed by atoms with Crippen LogP contribution in [0.2, 0.25) is 0 Å². The molecule has 1 aliphatic rings. The number of carbonyl (C=O) groups excluding carboxylic acids is 2. The van der Waals surface area contributed by atoms with Crippen LogP contribution in [0, 0.1) is 13.8 Å². The molecule has 1 heterocycles. The summed E-state index contributed by atoms with van der Waals surface area (Å²) >= 11 is 0. The Bertz CT molecular complexity index is 767. The summed E-state index contributed by atoms with van der Waals surface area (Å²) in [6.45, 7) is 5.70. The van der Waals surface area contributed by atoms with E-state index < -0.39 is 12.1 Å². The normalized spacial score (nSPS) is 15.7. The molecule has 1 amide bonds. The minimum Gasteiger partial charge on any atom is -0.449 e. The number of hydrogen-bond acceptors (Lipinski definition) is 3. The first-order chi connectivity index (χ1) is 12.5. The van der Waals surface area contributed by atoms with Crippen LogP contribution >= 0.6 is 0 Å². The van der Waals surface area contributed by atoms with Gasteiger partial charge in [-0.2, -0.15) is 0 Å². The Kier molecular flexibility index (Phi) is 5.45. The molecule has 0 aliphatic heterocycles. The van der Waals surface area contributed by atoms with Gasteiger partial charge in [-0.05, 0) is 70.0 Å². The van der Waals surface area contributed by atoms with Crippen LogP contribution in [0.5, 0.6) is 0 Å². The molecule has 26 heavy (non-hydrogen) atoms. The number of nitrogens with zero attached hydrogens (tertiary/aromatic N) is 1. The fourth-order valence-electron chi connectivity index (χ4n) is 3.49. The second-order valence-corrected chi connectivity index (χ2v) is 7.04. The highest BCUT2D eigenvalue weighted by molar-refractivity contribution is 5.92. The lowest BCUT2D eigenvalue weighted by atomic mass is 10.2. The van der Waals surface area contributed by atoms with Gasteiger partial charge >= 0.3 is 5.97 Å². The van der Waals surface area contributed by atoms with Crippen molar-refractivity contribution in [1.29, 1.82) is 0 Å². The number of hydrogen-bond donors (Lipinski definition) is 1. The number of amides is 1. The summed E-state index contributed by atoms with van der Waals surface area (Å²) in [5.41, 5.74) is 3.70. The van der Waals surface area contributed by atoms with E-state index in [1.54, 1.807) is 19.1 Å². The van der Waals surface area contributed by atoms with Gasteiger partial charge in [-0.3, -0.25) is 4.79 Å². The monoisotopic (exact) mass is 354 g/mol. The molecule has 0 radical (unpaired) electrons. The number of benzene rings is 1. The van der Waals surface area contributed by atoms with E-state index in [4.69, 9.17) is 4.74 Å². The number of aromatic nitrogens is 1. The van der Waals surface area contributed by atoms with Crippen molar-refractivity contribution in [3.05, 3.63) is 53.3 Å². The van der Waals surface area contributed by atoms with Gasteiger partial charge in [0.1, 0.15) is 0 Å². The lowest BCUT2D eigenvalue weighted by Crippen LogP contribution is -2.40. The first-order valence-electron chi connectivity index (χ1n) is 9.22. The molecule has 1 aromatic heterocycles. The van der Waals surface area contributed by atoms with Gasteiger partial charge in [0.2, 0.25) is 0 Å². The quantitative estimate of drug-likeness (QED) is 0.833. The van der Waals surface area contributed by atoms with Crippen LogP contribution in [0.4, 0.5) is 0 Å². The van der Waals surface area contributed by atoms with Crippen LogP contribution in [-0.2, 0) is 9.53 Å². The average Bonchev–Trinajstić information content (AvgIpc) is 3.24. The van der Waals surface area contributed by atoms with Crippen molar-refractivity contribution in [2.24, 2.45) is 0 Å². The van der Waals surface area contributed by atoms with Crippen molar-refractivity contribution in [2.75, 3.05) is 0 Å². The third-order valence-electron chi connectivity index (χ3n) is 4.99. The van der Waals surface area contributed by atoms with E-state index in [1.165, 1.54) is 0 Å². The highest BCUT2D eigenvalue weighted by Gasteiger charge is 2.23. The average molecular weight is 354 g/mol. The van der Waals surface area contributed by atoms with Crippen molar-refractivity contribution >= 4 is 11.9 Å². The summed E-state index contributed by atoms with van der Waals surface area (Å²) in [4.78, 5) is 24.5. The molecule has 0 unspecified atom stereocenters. The van der Waals surface area contributed by atoms with Crippen molar-refractivity contribution in [2.45, 2.75) is 58.6 Å². The van der Waals surface area contributed by atoms with E-state index in [-0.39, 0.29) is 11.9 Å². The topological polar surface area (TPSA) is 60.3 Å². The third-order valence-corrected chi connectivity index (χ3v) is 4.99. The predicted molar refractivity (Wildman–Crippen MR) is 101 cm³/mol. The van der Waals surface area contributed by atoms with Gasteiger partial charge in [-0.1, -0.05) is 12.8 Å². The van der Waals surface area contributed by atoms with Crippen LogP contribution in [0.25, 0.3) is 5.69 Å². The Balaban J connectivity index is 1.61. The molecule has 1 fully saturated rings. The van der Waals surface area contributed by atoms with E-state index in [2.05, 4.69) is 22.0 Å². The van der Waals surface area contributed by atoms with Gasteiger partial charge in [0, 0.05) is 23.1 Å². The maximum Gasteiger partial charge on any atom is 0.338 e. The van der Waals surface area contributed by atoms with Crippen molar-refractivity contribution in [1.82, 2.24) is 9.88 Å². The summed E-state index contributed by atoms with van der Waals surface area (Å²) in [5.74, 6) is -0.702. The maximum absolute atomic E-state index is 12.3. The molecule has 0 spiro atoms. The molecule has 5 nitrogen and oxygen atoms in total. The number of rotatable bonds is 5. The molecule has 3 rings (SSSR count). The standard InChI is InChI=1S/C21H26N2O3/c1-14-8-9-15(2)23(14)19-12-10-17(11-13-19)21(25)26-16(3)20(24)22-18-6-4-5-7-18/h8-13,16,18H,4-7H2,1-3H3,(H,22,24)/t16-/m1/s1. The molecule has 2 aromatic rings. The number of nitrogens with one attached hydrogen (secondary N) is 1. The summed E-state index contributed by atoms with van der Waals surface area (Å²) in [6.07, 6.45) is 3.51. The van der Waals surface area contributed by atoms with Crippen LogP contribution in [0.3, 0.4) is 0 Å². The molecule has 0 bridgehead atoms. The second-order valence-electron chi connectivity index (χ2n) is 7.04. The minimum atomic E-state index is -0.795. The predicted octanol–water partition coefficient (Wildman–Crippen LogP) is 3.70. The van der Waals surface area contributed by atoms with E-state index in [1.807, 2.05) is 26.0 Å². The molecular weight excluding hydrogens is 328 g/mol. The SMILES string of the molecule is Cc1ccc(C)n1-c1ccc(C(=O)O[C@H](C)C(=O)NC2CCCC2)cc1. The highest BCUT2D eigenvalue weighted by atomic mass is 16.5. The molecule has 5 heteroatoms. The summed E-state index contributed by atoms with van der Waals surface area (Å²) in [6, 6.07) is 11.6. The zero-order valence-electron chi connectivity index (χ0n) is 15.6. The van der Waals surface area contributed by atoms with Gasteiger partial charge in [0.25, 0.3) is 5.91 Å². The number of ether oxygens (including phenoxy) is 1. The third kappa shape index (κ3) is 3.98. The number of esters is 1. The molecule has 1 N–H and O–H groups in total. The fraction of sp³-hybridized carbons (Fsp3) is 0.429. The Morgan fingerprint density at radius 3 is 2.19 bits per heavy atom. The minimum absolute atomic E-state index is 0.219. The van der Waals surface area contributed by atoms with Crippen molar-refractivity contribution < 1.29 is 14.3 Å². The van der Waals surface area contributed by atoms with Crippen molar-refractivity contribution in [3.63, 3.8) is 0 Å². The zero-order chi connectivity index (χ0) is 18.7. The van der Waals surface area contributed by atoms with E-state index in [0.717, 1.165) is 42.8 Å². The molecule has 1 aliphatic carbocycles. The Labute approximate surface area is 154 Å². The van der Waals surface area contributed by atoms with Gasteiger partial charge < -0.3 is 14.6 Å². The summed E-state index contributed by atoms with van der Waals surface area (Å²) in [7, 11) is 0. The summed E-state index contributed by atoms with van der Waals surface area (Å²) in [5, 5.41) is 2.96. The molecule has 1 atom stereocenters. The number of carbonyl (C=O) groups is 2. The smallest absolute Gasteiger partial charge is 0.338 e. The number of aryl methyl sites for hydroxylation is 2. The van der Waals surface area contributed by atoms with Gasteiger partial charge in [-0.25, -0.2) is 4.79 Å². The first kappa shape index (κ1) is 18.2. The van der Waals surface area contributed by atoms with E-state index in [0.29, 0.717) is 5.56 Å². The van der Waals surface area contributed by atoms with Gasteiger partial charge in [0.15, 0.2) is 6.10 Å². The lowest BCUT2D eigenvalue weighted by molar-refractivity contribution is -0.129. The van der Waals surface area contributed by atoms with E-state index >= 15 is 0 Å². The largest absolute Gasteiger partial charge is 0.449 e. The van der Waals surface area contributed by atoms with Crippen LogP contribution in [-0.4, -0.2) is 28.6 Å². The summed E-state index contributed by atoms with van der Waals surface area (Å²) < 4.78 is 7.45. The lowest BCUT2D eigenvalue weighted by Gasteiger charge is -2.17. The van der Waals surface area contributed by atoms with Crippen molar-refractivity contribution in [3.8, 4) is 5.69 Å². The van der Waals surface area contributed by atoms with Gasteiger partial charge in [-0.15, -0.1) is 0 Å². The Hall–Kier alpha value is -2.56. The highest BCUT2D eigenvalue weighted by Crippen LogP contribution is 2.19.